The van der Waals surface area contributed by atoms with Crippen molar-refractivity contribution in [2.75, 3.05) is 0 Å². The first-order valence-corrected chi connectivity index (χ1v) is 5.35. The summed E-state index contributed by atoms with van der Waals surface area (Å²) in [5, 5.41) is 0. The molecule has 4 nitrogen and oxygen atoms in total. The maximum Gasteiger partial charge on any atom is 0.154 e. The summed E-state index contributed by atoms with van der Waals surface area (Å²) in [5.74, 6) is 0.751. The Balaban J connectivity index is 2.30. The van der Waals surface area contributed by atoms with Gasteiger partial charge in [-0.25, -0.2) is 9.97 Å². The maximum absolute atomic E-state index is 5.40. The molecule has 0 aliphatic heterocycles. The number of hydrogen-bond donors (Lipinski definition) is 0. The molecule has 0 fully saturated rings. The molecule has 0 saturated heterocycles. The van der Waals surface area contributed by atoms with Gasteiger partial charge in [-0.15, -0.1) is 6.58 Å². The number of allylic oxidation sites excluding steroid dienone is 1. The Morgan fingerprint density at radius 2 is 2.29 bits per heavy atom. The van der Waals surface area contributed by atoms with E-state index in [0.29, 0.717) is 0 Å². The summed E-state index contributed by atoms with van der Waals surface area (Å²) in [7, 11) is 0. The normalized spacial score (nSPS) is 10.8. The third kappa shape index (κ3) is 1.54. The molecule has 0 N–H and O–H groups in total. The summed E-state index contributed by atoms with van der Waals surface area (Å²) in [5.41, 5.74) is 2.70. The minimum atomic E-state index is 0.727. The van der Waals surface area contributed by atoms with Crippen LogP contribution in [0.2, 0.25) is 0 Å². The lowest BCUT2D eigenvalue weighted by Gasteiger charge is -2.04. The molecule has 0 aliphatic rings. The van der Waals surface area contributed by atoms with Crippen LogP contribution in [0.3, 0.4) is 0 Å². The Bertz CT molecular complexity index is 652. The molecule has 0 aliphatic carbocycles. The van der Waals surface area contributed by atoms with Gasteiger partial charge in [0.2, 0.25) is 0 Å². The molecular formula is C13H11N3O. The lowest BCUT2D eigenvalue weighted by Crippen LogP contribution is -1.96. The largest absolute Gasteiger partial charge is 0.463 e. The van der Waals surface area contributed by atoms with Gasteiger partial charge in [0.05, 0.1) is 17.3 Å². The lowest BCUT2D eigenvalue weighted by atomic mass is 10.2. The minimum Gasteiger partial charge on any atom is -0.463 e. The first-order chi connectivity index (χ1) is 8.40. The van der Waals surface area contributed by atoms with E-state index in [0.717, 1.165) is 29.0 Å². The molecule has 0 amide bonds. The minimum absolute atomic E-state index is 0.727. The van der Waals surface area contributed by atoms with Crippen molar-refractivity contribution in [1.82, 2.24) is 14.5 Å². The third-order valence-electron chi connectivity index (χ3n) is 2.63. The van der Waals surface area contributed by atoms with Crippen LogP contribution in [0, 0.1) is 0 Å². The van der Waals surface area contributed by atoms with Gasteiger partial charge in [0.25, 0.3) is 0 Å². The van der Waals surface area contributed by atoms with Crippen molar-refractivity contribution in [3.8, 4) is 11.5 Å². The van der Waals surface area contributed by atoms with Gasteiger partial charge < -0.3 is 8.98 Å². The van der Waals surface area contributed by atoms with Crippen molar-refractivity contribution >= 4 is 11.0 Å². The van der Waals surface area contributed by atoms with Crippen LogP contribution < -0.4 is 0 Å². The van der Waals surface area contributed by atoms with Crippen LogP contribution in [0.5, 0.6) is 0 Å². The highest BCUT2D eigenvalue weighted by molar-refractivity contribution is 5.88. The molecule has 3 rings (SSSR count). The van der Waals surface area contributed by atoms with Crippen LogP contribution in [0.25, 0.3) is 22.5 Å². The van der Waals surface area contributed by atoms with Crippen LogP contribution >= 0.6 is 0 Å². The van der Waals surface area contributed by atoms with Crippen molar-refractivity contribution in [3.05, 3.63) is 49.6 Å². The maximum atomic E-state index is 5.40. The van der Waals surface area contributed by atoms with E-state index in [4.69, 9.17) is 4.42 Å². The van der Waals surface area contributed by atoms with E-state index in [2.05, 4.69) is 21.1 Å². The van der Waals surface area contributed by atoms with Gasteiger partial charge in [-0.2, -0.15) is 0 Å². The average molecular weight is 225 g/mol. The van der Waals surface area contributed by atoms with E-state index < -0.39 is 0 Å². The van der Waals surface area contributed by atoms with Crippen LogP contribution in [0.4, 0.5) is 0 Å². The summed E-state index contributed by atoms with van der Waals surface area (Å²) in [6.07, 6.45) is 7.02. The van der Waals surface area contributed by atoms with Crippen molar-refractivity contribution in [1.29, 1.82) is 0 Å². The van der Waals surface area contributed by atoms with Gasteiger partial charge >= 0.3 is 0 Å². The molecular weight excluding hydrogens is 214 g/mol. The Hall–Kier alpha value is -2.36. The van der Waals surface area contributed by atoms with Crippen LogP contribution in [0.15, 0.2) is 54.1 Å². The fourth-order valence-corrected chi connectivity index (χ4v) is 1.92. The van der Waals surface area contributed by atoms with Crippen molar-refractivity contribution in [3.63, 3.8) is 0 Å². The number of nitrogens with zero attached hydrogens (tertiary/aromatic N) is 3. The quantitative estimate of drug-likeness (QED) is 0.644. The van der Waals surface area contributed by atoms with E-state index >= 15 is 0 Å². The van der Waals surface area contributed by atoms with Crippen LogP contribution in [-0.2, 0) is 6.54 Å². The molecule has 17 heavy (non-hydrogen) atoms. The highest BCUT2D eigenvalue weighted by Gasteiger charge is 2.12. The average Bonchev–Trinajstić information content (AvgIpc) is 2.98. The highest BCUT2D eigenvalue weighted by atomic mass is 16.3. The fourth-order valence-electron chi connectivity index (χ4n) is 1.92. The summed E-state index contributed by atoms with van der Waals surface area (Å²) < 4.78 is 7.46. The monoisotopic (exact) mass is 225 g/mol. The second-order valence-electron chi connectivity index (χ2n) is 3.69. The third-order valence-corrected chi connectivity index (χ3v) is 2.63. The molecule has 0 spiro atoms. The Labute approximate surface area is 98.2 Å². The number of fused-ring (bicyclic) bond motifs is 1. The zero-order chi connectivity index (χ0) is 11.7. The van der Waals surface area contributed by atoms with Gasteiger partial charge in [0.15, 0.2) is 5.76 Å². The number of hydrogen-bond acceptors (Lipinski definition) is 3. The summed E-state index contributed by atoms with van der Waals surface area (Å²) >= 11 is 0. The highest BCUT2D eigenvalue weighted by Crippen LogP contribution is 2.26. The Morgan fingerprint density at radius 3 is 3.06 bits per heavy atom. The van der Waals surface area contributed by atoms with Gasteiger partial charge in [0, 0.05) is 12.7 Å². The first kappa shape index (κ1) is 9.84. The molecule has 0 unspecified atom stereocenters. The van der Waals surface area contributed by atoms with E-state index in [1.807, 2.05) is 30.5 Å². The van der Waals surface area contributed by atoms with Crippen LogP contribution in [-0.4, -0.2) is 14.5 Å². The molecule has 0 saturated carbocycles. The summed E-state index contributed by atoms with van der Waals surface area (Å²) in [6.45, 7) is 4.48. The first-order valence-electron chi connectivity index (χ1n) is 5.35. The predicted octanol–water partition coefficient (Wildman–Crippen LogP) is 2.88. The fraction of sp³-hybridized carbons (Fsp3) is 0.0769. The molecule has 0 aromatic carbocycles. The van der Waals surface area contributed by atoms with Gasteiger partial charge in [-0.3, -0.25) is 0 Å². The van der Waals surface area contributed by atoms with Gasteiger partial charge in [-0.05, 0) is 18.2 Å². The van der Waals surface area contributed by atoms with E-state index in [9.17, 15) is 0 Å². The van der Waals surface area contributed by atoms with Crippen LogP contribution in [0.1, 0.15) is 0 Å². The molecule has 84 valence electrons. The molecule has 4 heteroatoms. The number of furan rings is 1. The van der Waals surface area contributed by atoms with Crippen molar-refractivity contribution < 1.29 is 4.42 Å². The molecule has 0 bridgehead atoms. The number of rotatable bonds is 3. The summed E-state index contributed by atoms with van der Waals surface area (Å²) in [4.78, 5) is 8.55. The lowest BCUT2D eigenvalue weighted by molar-refractivity contribution is 0.580. The zero-order valence-electron chi connectivity index (χ0n) is 9.21. The topological polar surface area (TPSA) is 43.9 Å². The van der Waals surface area contributed by atoms with Crippen molar-refractivity contribution in [2.45, 2.75) is 6.54 Å². The SMILES string of the molecule is C=CCn1ccc2ncnc(-c3ccco3)c21. The zero-order valence-corrected chi connectivity index (χ0v) is 9.21. The standard InChI is InChI=1S/C13H11N3O/c1-2-6-16-7-5-10-13(16)12(15-9-14-10)11-4-3-8-17-11/h2-5,7-9H,1,6H2. The molecule has 3 heterocycles. The molecule has 0 atom stereocenters. The van der Waals surface area contributed by atoms with E-state index in [-0.39, 0.29) is 0 Å². The predicted molar refractivity (Wildman–Crippen MR) is 65.4 cm³/mol. The Kier molecular flexibility index (Phi) is 2.26. The second kappa shape index (κ2) is 3.90. The van der Waals surface area contributed by atoms with Crippen molar-refractivity contribution in [2.24, 2.45) is 0 Å². The van der Waals surface area contributed by atoms with Gasteiger partial charge in [0.1, 0.15) is 12.0 Å². The summed E-state index contributed by atoms with van der Waals surface area (Å²) in [6, 6.07) is 5.71. The van der Waals surface area contributed by atoms with E-state index in [1.54, 1.807) is 12.6 Å². The Morgan fingerprint density at radius 1 is 1.35 bits per heavy atom. The number of aromatic nitrogens is 3. The molecule has 3 aromatic heterocycles. The second-order valence-corrected chi connectivity index (χ2v) is 3.69. The molecule has 3 aromatic rings. The van der Waals surface area contributed by atoms with E-state index in [1.165, 1.54) is 0 Å². The van der Waals surface area contributed by atoms with Gasteiger partial charge in [-0.1, -0.05) is 6.08 Å². The molecule has 0 radical (unpaired) electrons. The smallest absolute Gasteiger partial charge is 0.154 e.